The van der Waals surface area contributed by atoms with Crippen molar-refractivity contribution in [1.29, 1.82) is 0 Å². The molecule has 21 heavy (non-hydrogen) atoms. The highest BCUT2D eigenvalue weighted by Gasteiger charge is 2.19. The zero-order valence-corrected chi connectivity index (χ0v) is 13.9. The van der Waals surface area contributed by atoms with E-state index in [0.29, 0.717) is 0 Å². The van der Waals surface area contributed by atoms with Crippen LogP contribution >= 0.6 is 11.3 Å². The molecular formula is C14H22N2O3S2. The second-order valence-electron chi connectivity index (χ2n) is 5.45. The molecule has 1 aromatic rings. The van der Waals surface area contributed by atoms with Gasteiger partial charge < -0.3 is 5.32 Å². The van der Waals surface area contributed by atoms with E-state index in [9.17, 15) is 13.2 Å². The van der Waals surface area contributed by atoms with E-state index >= 15 is 0 Å². The third-order valence-corrected chi connectivity index (χ3v) is 6.52. The van der Waals surface area contributed by atoms with Crippen molar-refractivity contribution in [2.45, 2.75) is 55.7 Å². The molecule has 0 atom stereocenters. The van der Waals surface area contributed by atoms with Crippen molar-refractivity contribution in [3.05, 3.63) is 17.0 Å². The number of hydrogen-bond acceptors (Lipinski definition) is 4. The molecule has 1 aliphatic carbocycles. The molecule has 7 heteroatoms. The smallest absolute Gasteiger partial charge is 0.250 e. The molecular weight excluding hydrogens is 308 g/mol. The Morgan fingerprint density at radius 1 is 1.24 bits per heavy atom. The molecule has 2 rings (SSSR count). The summed E-state index contributed by atoms with van der Waals surface area (Å²) in [5, 5.41) is 2.93. The normalized spacial score (nSPS) is 17.4. The quantitative estimate of drug-likeness (QED) is 0.813. The van der Waals surface area contributed by atoms with Crippen LogP contribution < -0.4 is 10.0 Å². The molecule has 1 amide bonds. The van der Waals surface area contributed by atoms with E-state index in [2.05, 4.69) is 10.0 Å². The van der Waals surface area contributed by atoms with Crippen molar-refractivity contribution < 1.29 is 13.2 Å². The molecule has 0 aromatic carbocycles. The summed E-state index contributed by atoms with van der Waals surface area (Å²) in [4.78, 5) is 12.8. The maximum atomic E-state index is 12.0. The minimum Gasteiger partial charge on any atom is -0.352 e. The number of sulfonamides is 1. The SMILES string of the molecule is Cc1ccc(S(=O)(=O)NCC(=O)NC2CCCCCC2)s1. The summed E-state index contributed by atoms with van der Waals surface area (Å²) in [6.07, 6.45) is 6.68. The van der Waals surface area contributed by atoms with Gasteiger partial charge in [-0.2, -0.15) is 0 Å². The fourth-order valence-corrected chi connectivity index (χ4v) is 4.80. The van der Waals surface area contributed by atoms with Gasteiger partial charge in [-0.25, -0.2) is 13.1 Å². The summed E-state index contributed by atoms with van der Waals surface area (Å²) in [7, 11) is -3.57. The molecule has 1 aromatic heterocycles. The van der Waals surface area contributed by atoms with Gasteiger partial charge >= 0.3 is 0 Å². The third kappa shape index (κ3) is 5.09. The zero-order valence-electron chi connectivity index (χ0n) is 12.2. The first-order valence-corrected chi connectivity index (χ1v) is 9.63. The lowest BCUT2D eigenvalue weighted by Crippen LogP contribution is -2.41. The van der Waals surface area contributed by atoms with Gasteiger partial charge in [-0.05, 0) is 31.9 Å². The molecule has 1 heterocycles. The second-order valence-corrected chi connectivity index (χ2v) is 8.73. The van der Waals surface area contributed by atoms with Gasteiger partial charge in [0.15, 0.2) is 0 Å². The number of rotatable bonds is 5. The molecule has 0 aliphatic heterocycles. The maximum absolute atomic E-state index is 12.0. The highest BCUT2D eigenvalue weighted by Crippen LogP contribution is 2.20. The number of nitrogens with one attached hydrogen (secondary N) is 2. The van der Waals surface area contributed by atoms with Crippen LogP contribution in [0.15, 0.2) is 16.3 Å². The number of thiophene rings is 1. The van der Waals surface area contributed by atoms with Gasteiger partial charge in [-0.15, -0.1) is 11.3 Å². The van der Waals surface area contributed by atoms with Gasteiger partial charge in [0.1, 0.15) is 4.21 Å². The Balaban J connectivity index is 1.83. The zero-order chi connectivity index (χ0) is 15.3. The van der Waals surface area contributed by atoms with Gasteiger partial charge in [-0.1, -0.05) is 25.7 Å². The van der Waals surface area contributed by atoms with Crippen molar-refractivity contribution in [1.82, 2.24) is 10.0 Å². The molecule has 0 saturated heterocycles. The van der Waals surface area contributed by atoms with Gasteiger partial charge in [0.25, 0.3) is 10.0 Å². The van der Waals surface area contributed by atoms with Crippen molar-refractivity contribution in [2.24, 2.45) is 0 Å². The summed E-state index contributed by atoms with van der Waals surface area (Å²) in [6.45, 7) is 1.65. The van der Waals surface area contributed by atoms with E-state index in [4.69, 9.17) is 0 Å². The van der Waals surface area contributed by atoms with E-state index in [1.165, 1.54) is 24.2 Å². The Hall–Kier alpha value is -0.920. The van der Waals surface area contributed by atoms with Crippen LogP contribution in [0.5, 0.6) is 0 Å². The van der Waals surface area contributed by atoms with Crippen LogP contribution in [-0.2, 0) is 14.8 Å². The number of carbonyl (C=O) groups excluding carboxylic acids is 1. The molecule has 1 aliphatic rings. The van der Waals surface area contributed by atoms with Crippen LogP contribution in [0.4, 0.5) is 0 Å². The first-order valence-electron chi connectivity index (χ1n) is 7.33. The first kappa shape index (κ1) is 16.5. The molecule has 0 spiro atoms. The second kappa shape index (κ2) is 7.38. The fraction of sp³-hybridized carbons (Fsp3) is 0.643. The average Bonchev–Trinajstić information content (AvgIpc) is 2.72. The van der Waals surface area contributed by atoms with Gasteiger partial charge in [0.2, 0.25) is 5.91 Å². The van der Waals surface area contributed by atoms with Crippen LogP contribution in [0.3, 0.4) is 0 Å². The summed E-state index contributed by atoms with van der Waals surface area (Å²) in [5.41, 5.74) is 0. The van der Waals surface area contributed by atoms with Crippen molar-refractivity contribution in [2.75, 3.05) is 6.54 Å². The van der Waals surface area contributed by atoms with Crippen LogP contribution in [0, 0.1) is 6.92 Å². The number of amides is 1. The Morgan fingerprint density at radius 2 is 1.90 bits per heavy atom. The summed E-state index contributed by atoms with van der Waals surface area (Å²) in [5.74, 6) is -0.251. The topological polar surface area (TPSA) is 75.3 Å². The lowest BCUT2D eigenvalue weighted by atomic mass is 10.1. The van der Waals surface area contributed by atoms with E-state index in [1.54, 1.807) is 12.1 Å². The van der Waals surface area contributed by atoms with E-state index in [1.807, 2.05) is 6.92 Å². The minimum atomic E-state index is -3.57. The molecule has 1 saturated carbocycles. The maximum Gasteiger partial charge on any atom is 0.250 e. The van der Waals surface area contributed by atoms with Gasteiger partial charge in [0, 0.05) is 10.9 Å². The average molecular weight is 330 g/mol. The summed E-state index contributed by atoms with van der Waals surface area (Å²) < 4.78 is 26.6. The number of carbonyl (C=O) groups is 1. The molecule has 1 fully saturated rings. The first-order chi connectivity index (χ1) is 9.97. The van der Waals surface area contributed by atoms with Crippen molar-refractivity contribution in [3.63, 3.8) is 0 Å². The predicted molar refractivity (Wildman–Crippen MR) is 83.9 cm³/mol. The van der Waals surface area contributed by atoms with Gasteiger partial charge in [0.05, 0.1) is 6.54 Å². The van der Waals surface area contributed by atoms with Crippen LogP contribution in [0.2, 0.25) is 0 Å². The van der Waals surface area contributed by atoms with E-state index in [0.717, 1.165) is 30.6 Å². The minimum absolute atomic E-state index is 0.188. The Morgan fingerprint density at radius 3 is 2.48 bits per heavy atom. The number of hydrogen-bond donors (Lipinski definition) is 2. The molecule has 0 unspecified atom stereocenters. The van der Waals surface area contributed by atoms with E-state index < -0.39 is 10.0 Å². The Labute approximate surface area is 130 Å². The van der Waals surface area contributed by atoms with E-state index in [-0.39, 0.29) is 22.7 Å². The highest BCUT2D eigenvalue weighted by atomic mass is 32.2. The lowest BCUT2D eigenvalue weighted by molar-refractivity contribution is -0.120. The van der Waals surface area contributed by atoms with Crippen molar-refractivity contribution >= 4 is 27.3 Å². The third-order valence-electron chi connectivity index (χ3n) is 3.62. The van der Waals surface area contributed by atoms with Crippen LogP contribution in [0.1, 0.15) is 43.4 Å². The van der Waals surface area contributed by atoms with Gasteiger partial charge in [-0.3, -0.25) is 4.79 Å². The van der Waals surface area contributed by atoms with Crippen LogP contribution in [-0.4, -0.2) is 26.9 Å². The molecule has 0 radical (unpaired) electrons. The fourth-order valence-electron chi connectivity index (χ4n) is 2.49. The molecule has 2 N–H and O–H groups in total. The standard InChI is InChI=1S/C14H22N2O3S2/c1-11-8-9-14(20-11)21(18,19)15-10-13(17)16-12-6-4-2-3-5-7-12/h8-9,12,15H,2-7,10H2,1H3,(H,16,17). The predicted octanol–water partition coefficient (Wildman–Crippen LogP) is 2.17. The highest BCUT2D eigenvalue weighted by molar-refractivity contribution is 7.91. The molecule has 0 bridgehead atoms. The van der Waals surface area contributed by atoms with Crippen molar-refractivity contribution in [3.8, 4) is 0 Å². The summed E-state index contributed by atoms with van der Waals surface area (Å²) >= 11 is 1.20. The molecule has 5 nitrogen and oxygen atoms in total. The Bertz CT molecular complexity index is 573. The number of aryl methyl sites for hydroxylation is 1. The molecule has 118 valence electrons. The largest absolute Gasteiger partial charge is 0.352 e. The lowest BCUT2D eigenvalue weighted by Gasteiger charge is -2.16. The Kier molecular flexibility index (Phi) is 5.78. The summed E-state index contributed by atoms with van der Waals surface area (Å²) in [6, 6.07) is 3.50. The van der Waals surface area contributed by atoms with Crippen LogP contribution in [0.25, 0.3) is 0 Å². The monoisotopic (exact) mass is 330 g/mol.